The van der Waals surface area contributed by atoms with Crippen LogP contribution in [0.15, 0.2) is 18.5 Å². The molecule has 0 saturated carbocycles. The summed E-state index contributed by atoms with van der Waals surface area (Å²) >= 11 is 1.25. The van der Waals surface area contributed by atoms with E-state index < -0.39 is 0 Å². The van der Waals surface area contributed by atoms with E-state index in [2.05, 4.69) is 52.2 Å². The maximum atomic E-state index is 4.64. The Morgan fingerprint density at radius 1 is 1.42 bits per heavy atom. The van der Waals surface area contributed by atoms with Crippen LogP contribution in [0, 0.1) is 0 Å². The number of nitrogens with zero attached hydrogens (tertiary/aromatic N) is 4. The van der Waals surface area contributed by atoms with Crippen LogP contribution in [0.1, 0.15) is 50.7 Å². The van der Waals surface area contributed by atoms with Crippen LogP contribution in [-0.2, 0) is 6.42 Å². The summed E-state index contributed by atoms with van der Waals surface area (Å²) in [4.78, 5) is 0. The molecule has 1 N–H and O–H groups in total. The lowest BCUT2D eigenvalue weighted by Crippen LogP contribution is -2.23. The molecular weight excluding hydrogens is 258 g/mol. The third-order valence-corrected chi connectivity index (χ3v) is 3.80. The maximum absolute atomic E-state index is 4.64. The lowest BCUT2D eigenvalue weighted by molar-refractivity contribution is 0.466. The Morgan fingerprint density at radius 2 is 2.26 bits per heavy atom. The van der Waals surface area contributed by atoms with E-state index in [0.717, 1.165) is 30.8 Å². The second-order valence-electron chi connectivity index (χ2n) is 4.69. The molecule has 0 aliphatic carbocycles. The minimum Gasteiger partial charge on any atom is -0.309 e. The van der Waals surface area contributed by atoms with Crippen molar-refractivity contribution in [1.29, 1.82) is 0 Å². The third kappa shape index (κ3) is 3.61. The van der Waals surface area contributed by atoms with Crippen LogP contribution in [0.3, 0.4) is 0 Å². The highest BCUT2D eigenvalue weighted by atomic mass is 32.1. The molecule has 0 spiro atoms. The van der Waals surface area contributed by atoms with Crippen LogP contribution in [-0.4, -0.2) is 25.1 Å². The molecule has 2 heterocycles. The molecule has 0 radical (unpaired) electrons. The number of rotatable bonds is 7. The second kappa shape index (κ2) is 6.77. The summed E-state index contributed by atoms with van der Waals surface area (Å²) in [6, 6.07) is 2.74. The molecule has 0 saturated heterocycles. The Labute approximate surface area is 118 Å². The monoisotopic (exact) mass is 279 g/mol. The highest BCUT2D eigenvalue weighted by Crippen LogP contribution is 2.17. The van der Waals surface area contributed by atoms with Crippen molar-refractivity contribution in [3.8, 4) is 0 Å². The zero-order valence-electron chi connectivity index (χ0n) is 11.7. The summed E-state index contributed by atoms with van der Waals surface area (Å²) in [6.45, 7) is 7.37. The molecule has 6 heteroatoms. The van der Waals surface area contributed by atoms with Crippen LogP contribution in [0.2, 0.25) is 0 Å². The van der Waals surface area contributed by atoms with Gasteiger partial charge in [0.15, 0.2) is 0 Å². The van der Waals surface area contributed by atoms with Gasteiger partial charge in [-0.15, -0.1) is 0 Å². The Bertz CT molecular complexity index is 479. The molecule has 0 aromatic carbocycles. The topological polar surface area (TPSA) is 55.6 Å². The van der Waals surface area contributed by atoms with Crippen molar-refractivity contribution in [2.45, 2.75) is 45.7 Å². The first-order valence-electron chi connectivity index (χ1n) is 6.79. The van der Waals surface area contributed by atoms with E-state index in [1.54, 1.807) is 0 Å². The molecule has 0 fully saturated rings. The molecule has 104 valence electrons. The van der Waals surface area contributed by atoms with Crippen LogP contribution in [0.4, 0.5) is 0 Å². The molecular formula is C13H21N5S. The van der Waals surface area contributed by atoms with Crippen LogP contribution in [0.25, 0.3) is 0 Å². The van der Waals surface area contributed by atoms with Crippen molar-refractivity contribution < 1.29 is 0 Å². The molecule has 2 unspecified atom stereocenters. The van der Waals surface area contributed by atoms with Gasteiger partial charge in [0, 0.05) is 18.7 Å². The Morgan fingerprint density at radius 3 is 2.89 bits per heavy atom. The van der Waals surface area contributed by atoms with Gasteiger partial charge in [0.1, 0.15) is 0 Å². The van der Waals surface area contributed by atoms with Crippen LogP contribution in [0.5, 0.6) is 0 Å². The fourth-order valence-electron chi connectivity index (χ4n) is 1.98. The van der Waals surface area contributed by atoms with E-state index in [0.29, 0.717) is 6.04 Å². The van der Waals surface area contributed by atoms with Gasteiger partial charge in [0.25, 0.3) is 0 Å². The van der Waals surface area contributed by atoms with Crippen molar-refractivity contribution in [3.63, 3.8) is 0 Å². The minimum atomic E-state index is 0.198. The lowest BCUT2D eigenvalue weighted by Gasteiger charge is -2.14. The molecule has 0 aliphatic rings. The first-order valence-corrected chi connectivity index (χ1v) is 7.52. The molecule has 2 atom stereocenters. The summed E-state index contributed by atoms with van der Waals surface area (Å²) in [6.07, 6.45) is 5.84. The van der Waals surface area contributed by atoms with Gasteiger partial charge < -0.3 is 5.32 Å². The van der Waals surface area contributed by atoms with Gasteiger partial charge in [0.05, 0.1) is 35.4 Å². The van der Waals surface area contributed by atoms with Gasteiger partial charge in [0.2, 0.25) is 0 Å². The lowest BCUT2D eigenvalue weighted by atomic mass is 10.1. The molecule has 5 nitrogen and oxygen atoms in total. The Balaban J connectivity index is 2.07. The minimum absolute atomic E-state index is 0.198. The molecule has 0 amide bonds. The quantitative estimate of drug-likeness (QED) is 0.846. The highest BCUT2D eigenvalue weighted by molar-refractivity contribution is 6.99. The zero-order chi connectivity index (χ0) is 13.7. The normalized spacial score (nSPS) is 14.5. The van der Waals surface area contributed by atoms with Crippen LogP contribution >= 0.6 is 11.7 Å². The first-order chi connectivity index (χ1) is 9.24. The zero-order valence-corrected chi connectivity index (χ0v) is 12.5. The summed E-state index contributed by atoms with van der Waals surface area (Å²) in [5.41, 5.74) is 2.10. The fourth-order valence-corrected chi connectivity index (χ4v) is 2.45. The number of nitrogens with one attached hydrogen (secondary N) is 1. The smallest absolute Gasteiger partial charge is 0.0916 e. The third-order valence-electron chi connectivity index (χ3n) is 3.31. The molecule has 0 aliphatic heterocycles. The summed E-state index contributed by atoms with van der Waals surface area (Å²) in [5.74, 6) is 0. The molecule has 0 bridgehead atoms. The van der Waals surface area contributed by atoms with E-state index in [-0.39, 0.29) is 6.04 Å². The fraction of sp³-hybridized carbons (Fsp3) is 0.615. The Hall–Kier alpha value is -1.27. The van der Waals surface area contributed by atoms with E-state index in [4.69, 9.17) is 0 Å². The SMILES string of the molecule is CCNC(Cc1ccn(C(C)CC)n1)c1cnsn1. The van der Waals surface area contributed by atoms with Crippen molar-refractivity contribution in [3.05, 3.63) is 29.8 Å². The van der Waals surface area contributed by atoms with Gasteiger partial charge in [-0.05, 0) is 26.0 Å². The second-order valence-corrected chi connectivity index (χ2v) is 5.25. The van der Waals surface area contributed by atoms with E-state index in [9.17, 15) is 0 Å². The summed E-state index contributed by atoms with van der Waals surface area (Å²) in [5, 5.41) is 8.09. The van der Waals surface area contributed by atoms with E-state index in [1.165, 1.54) is 11.7 Å². The van der Waals surface area contributed by atoms with E-state index in [1.807, 2.05) is 10.9 Å². The summed E-state index contributed by atoms with van der Waals surface area (Å²) in [7, 11) is 0. The Kier molecular flexibility index (Phi) is 5.04. The largest absolute Gasteiger partial charge is 0.309 e. The maximum Gasteiger partial charge on any atom is 0.0916 e. The van der Waals surface area contributed by atoms with Gasteiger partial charge in [-0.25, -0.2) is 0 Å². The van der Waals surface area contributed by atoms with Gasteiger partial charge in [-0.1, -0.05) is 13.8 Å². The average molecular weight is 279 g/mol. The van der Waals surface area contributed by atoms with Gasteiger partial charge in [-0.3, -0.25) is 4.68 Å². The molecule has 19 heavy (non-hydrogen) atoms. The van der Waals surface area contributed by atoms with Crippen LogP contribution < -0.4 is 5.32 Å². The number of likely N-dealkylation sites (N-methyl/N-ethyl adjacent to an activating group) is 1. The average Bonchev–Trinajstić information content (AvgIpc) is 3.08. The highest BCUT2D eigenvalue weighted by Gasteiger charge is 2.16. The number of aromatic nitrogens is 4. The number of hydrogen-bond donors (Lipinski definition) is 1. The van der Waals surface area contributed by atoms with E-state index >= 15 is 0 Å². The van der Waals surface area contributed by atoms with Crippen molar-refractivity contribution in [1.82, 2.24) is 23.8 Å². The van der Waals surface area contributed by atoms with Crippen molar-refractivity contribution in [2.75, 3.05) is 6.54 Å². The first kappa shape index (κ1) is 14.1. The molecule has 2 aromatic rings. The van der Waals surface area contributed by atoms with Crippen molar-refractivity contribution >= 4 is 11.7 Å². The molecule has 2 aromatic heterocycles. The predicted octanol–water partition coefficient (Wildman–Crippen LogP) is 2.60. The van der Waals surface area contributed by atoms with Crippen molar-refractivity contribution in [2.24, 2.45) is 0 Å². The van der Waals surface area contributed by atoms with Gasteiger partial charge >= 0.3 is 0 Å². The molecule has 2 rings (SSSR count). The summed E-state index contributed by atoms with van der Waals surface area (Å²) < 4.78 is 10.4. The number of hydrogen-bond acceptors (Lipinski definition) is 5. The predicted molar refractivity (Wildman–Crippen MR) is 77.3 cm³/mol. The standard InChI is InChI=1S/C13H21N5S/c1-4-10(3)18-7-6-11(16-18)8-12(14-5-2)13-9-15-19-17-13/h6-7,9-10,12,14H,4-5,8H2,1-3H3. The van der Waals surface area contributed by atoms with Gasteiger partial charge in [-0.2, -0.15) is 13.8 Å².